The van der Waals surface area contributed by atoms with Crippen molar-refractivity contribution in [3.8, 4) is 0 Å². The van der Waals surface area contributed by atoms with Gasteiger partial charge in [0.25, 0.3) is 0 Å². The number of hydrogen-bond donors (Lipinski definition) is 0. The van der Waals surface area contributed by atoms with Crippen LogP contribution in [0.15, 0.2) is 0 Å². The average molecular weight is 70.0 g/mol. The van der Waals surface area contributed by atoms with E-state index >= 15 is 0 Å². The Balaban J connectivity index is 0. The Bertz CT molecular complexity index is 14.4. The predicted molar refractivity (Wildman–Crippen MR) is 8.15 cm³/mol. The second-order valence-corrected chi connectivity index (χ2v) is 0.354. The Labute approximate surface area is 47.8 Å². The summed E-state index contributed by atoms with van der Waals surface area (Å²) >= 11 is 0. The van der Waals surface area contributed by atoms with E-state index in [1.165, 1.54) is 0 Å². The van der Waals surface area contributed by atoms with Crippen molar-refractivity contribution < 1.29 is 40.8 Å². The van der Waals surface area contributed by atoms with Gasteiger partial charge in [0, 0.05) is 0 Å². The molecule has 1 aliphatic heterocycles. The molecule has 1 rings (SSSR count). The summed E-state index contributed by atoms with van der Waals surface area (Å²) < 4.78 is 0. The van der Waals surface area contributed by atoms with E-state index < -0.39 is 0 Å². The van der Waals surface area contributed by atoms with Crippen LogP contribution in [0.3, 0.4) is 0 Å². The van der Waals surface area contributed by atoms with Gasteiger partial charge in [-0.3, -0.25) is 0 Å². The number of rotatable bonds is 0. The van der Waals surface area contributed by atoms with Crippen LogP contribution < -0.4 is 29.6 Å². The van der Waals surface area contributed by atoms with Crippen molar-refractivity contribution in [1.82, 2.24) is 0 Å². The molecule has 1 saturated heterocycles. The first kappa shape index (κ1) is 4.92. The molecule has 0 aromatic heterocycles. The second-order valence-electron chi connectivity index (χ2n) is 0.354. The van der Waals surface area contributed by atoms with Crippen molar-refractivity contribution in [3.05, 3.63) is 0 Å². The first-order valence-corrected chi connectivity index (χ1v) is 0.744. The predicted octanol–water partition coefficient (Wildman–Crippen LogP) is -2.98. The van der Waals surface area contributed by atoms with Gasteiger partial charge in [0.1, 0.15) is 0 Å². The first-order chi connectivity index (χ1) is 1.50. The minimum Gasteiger partial charge on any atom is -1.00 e. The van der Waals surface area contributed by atoms with Gasteiger partial charge in [-0.1, -0.05) is 0 Å². The molecule has 0 aromatic carbocycles. The van der Waals surface area contributed by atoms with Crippen molar-refractivity contribution in [2.45, 2.75) is 0 Å². The van der Waals surface area contributed by atoms with Gasteiger partial charge >= 0.3 is 29.6 Å². The summed E-state index contributed by atoms with van der Waals surface area (Å²) in [6.45, 7) is 0.500. The molecule has 0 unspecified atom stereocenters. The summed E-state index contributed by atoms with van der Waals surface area (Å²) in [4.78, 5) is 8.00. The molecule has 0 saturated carbocycles. The van der Waals surface area contributed by atoms with Crippen molar-refractivity contribution in [2.75, 3.05) is 6.79 Å². The molecule has 0 spiro atoms. The van der Waals surface area contributed by atoms with E-state index in [0.717, 1.165) is 0 Å². The zero-order chi connectivity index (χ0) is 2.12. The molecular formula is CH3NaO2. The minimum absolute atomic E-state index is 0. The maximum absolute atomic E-state index is 4.00. The zero-order valence-corrected chi connectivity index (χ0v) is 4.52. The smallest absolute Gasteiger partial charge is 1.00 e. The van der Waals surface area contributed by atoms with Gasteiger partial charge in [0.15, 0.2) is 0 Å². The SMILES string of the molecule is C1OO1.[H-].[Na+]. The molecular weight excluding hydrogens is 67.0 g/mol. The van der Waals surface area contributed by atoms with Crippen molar-refractivity contribution >= 4 is 0 Å². The quantitative estimate of drug-likeness (QED) is 0.173. The summed E-state index contributed by atoms with van der Waals surface area (Å²) in [6.07, 6.45) is 0. The van der Waals surface area contributed by atoms with Crippen molar-refractivity contribution in [2.24, 2.45) is 0 Å². The van der Waals surface area contributed by atoms with Gasteiger partial charge in [0.05, 0.1) is 0 Å². The maximum Gasteiger partial charge on any atom is 1.00 e. The topological polar surface area (TPSA) is 25.1 Å². The fraction of sp³-hybridized carbons (Fsp3) is 1.00. The minimum atomic E-state index is 0. The van der Waals surface area contributed by atoms with Crippen LogP contribution >= 0.6 is 0 Å². The fourth-order valence-electron chi connectivity index (χ4n) is 0. The molecule has 1 fully saturated rings. The van der Waals surface area contributed by atoms with E-state index in [9.17, 15) is 0 Å². The monoisotopic (exact) mass is 70.0 g/mol. The summed E-state index contributed by atoms with van der Waals surface area (Å²) in [5.74, 6) is 0. The molecule has 0 N–H and O–H groups in total. The van der Waals surface area contributed by atoms with E-state index in [-0.39, 0.29) is 31.0 Å². The van der Waals surface area contributed by atoms with Crippen LogP contribution in [0.1, 0.15) is 1.43 Å². The molecule has 0 aliphatic carbocycles. The van der Waals surface area contributed by atoms with Crippen LogP contribution in [0.25, 0.3) is 0 Å². The summed E-state index contributed by atoms with van der Waals surface area (Å²) in [5, 5.41) is 0. The standard InChI is InChI=1S/CH2O2.Na.H/c1-2-3-1;;/h1H2;;/q;+1;-1. The van der Waals surface area contributed by atoms with E-state index in [0.29, 0.717) is 6.79 Å². The van der Waals surface area contributed by atoms with E-state index in [4.69, 9.17) is 0 Å². The van der Waals surface area contributed by atoms with Crippen LogP contribution in [0.2, 0.25) is 0 Å². The largest absolute Gasteiger partial charge is 1.00 e. The average Bonchev–Trinajstić information content (AvgIpc) is 1.46. The molecule has 0 radical (unpaired) electrons. The molecule has 0 amide bonds. The Morgan fingerprint density at radius 2 is 1.75 bits per heavy atom. The third-order valence-electron chi connectivity index (χ3n) is 0.118. The Kier molecular flexibility index (Phi) is 2.68. The fourth-order valence-corrected chi connectivity index (χ4v) is 0. The Hall–Kier alpha value is 0.920. The molecule has 2 nitrogen and oxygen atoms in total. The Morgan fingerprint density at radius 1 is 1.50 bits per heavy atom. The summed E-state index contributed by atoms with van der Waals surface area (Å²) in [6, 6.07) is 0. The van der Waals surface area contributed by atoms with Crippen molar-refractivity contribution in [3.63, 3.8) is 0 Å². The van der Waals surface area contributed by atoms with Crippen molar-refractivity contribution in [1.29, 1.82) is 0 Å². The number of hydrogen-bond acceptors (Lipinski definition) is 2. The molecule has 0 bridgehead atoms. The third-order valence-corrected chi connectivity index (χ3v) is 0.118. The van der Waals surface area contributed by atoms with Crippen LogP contribution in [0, 0.1) is 0 Å². The molecule has 0 atom stereocenters. The Morgan fingerprint density at radius 3 is 1.75 bits per heavy atom. The molecule has 0 aromatic rings. The molecule has 4 heavy (non-hydrogen) atoms. The van der Waals surface area contributed by atoms with Crippen LogP contribution in [0.5, 0.6) is 0 Å². The third kappa shape index (κ3) is 2.92. The molecule has 1 aliphatic rings. The van der Waals surface area contributed by atoms with Crippen LogP contribution in [-0.4, -0.2) is 6.79 Å². The zero-order valence-electron chi connectivity index (χ0n) is 3.52. The van der Waals surface area contributed by atoms with Gasteiger partial charge < -0.3 is 1.43 Å². The second kappa shape index (κ2) is 2.18. The van der Waals surface area contributed by atoms with Gasteiger partial charge in [-0.05, 0) is 0 Å². The summed E-state index contributed by atoms with van der Waals surface area (Å²) in [5.41, 5.74) is 0. The maximum atomic E-state index is 4.00. The summed E-state index contributed by atoms with van der Waals surface area (Å²) in [7, 11) is 0. The van der Waals surface area contributed by atoms with Crippen LogP contribution in [0.4, 0.5) is 0 Å². The van der Waals surface area contributed by atoms with E-state index in [1.54, 1.807) is 0 Å². The van der Waals surface area contributed by atoms with E-state index in [2.05, 4.69) is 9.78 Å². The van der Waals surface area contributed by atoms with E-state index in [1.807, 2.05) is 0 Å². The van der Waals surface area contributed by atoms with Gasteiger partial charge in [-0.25, -0.2) is 9.78 Å². The molecule has 20 valence electrons. The molecule has 1 heterocycles. The first-order valence-electron chi connectivity index (χ1n) is 0.744. The normalized spacial score (nSPS) is 18.0. The molecule has 3 heteroatoms. The van der Waals surface area contributed by atoms with Gasteiger partial charge in [0.2, 0.25) is 6.79 Å². The van der Waals surface area contributed by atoms with Gasteiger partial charge in [-0.2, -0.15) is 0 Å². The van der Waals surface area contributed by atoms with Crippen LogP contribution in [-0.2, 0) is 9.78 Å². The van der Waals surface area contributed by atoms with Gasteiger partial charge in [-0.15, -0.1) is 0 Å².